The van der Waals surface area contributed by atoms with Crippen molar-refractivity contribution in [2.75, 3.05) is 57.5 Å². The molecule has 0 saturated heterocycles. The fraction of sp³-hybridized carbons (Fsp3) is 0.600. The van der Waals surface area contributed by atoms with Gasteiger partial charge in [0.15, 0.2) is 25.6 Å². The third kappa shape index (κ3) is 120. The van der Waals surface area contributed by atoms with Gasteiger partial charge in [0, 0.05) is 40.7 Å². The van der Waals surface area contributed by atoms with E-state index in [2.05, 4.69) is 86.8 Å². The zero-order chi connectivity index (χ0) is 32.0. The van der Waals surface area contributed by atoms with Gasteiger partial charge in [-0.2, -0.15) is 28.8 Å². The molecular weight excluding hydrogens is 1700 g/mol. The topological polar surface area (TPSA) is 85.3 Å². The van der Waals surface area contributed by atoms with Gasteiger partial charge in [0.1, 0.15) is 0 Å². The minimum Gasteiger partial charge on any atom is -0.792 e. The number of hydrogen-bond acceptors (Lipinski definition) is 15. The summed E-state index contributed by atoms with van der Waals surface area (Å²) in [7, 11) is 0. The summed E-state index contributed by atoms with van der Waals surface area (Å²) in [6.07, 6.45) is 4.19. The molecule has 0 spiro atoms. The number of carbonyl (C=O) groups excluding carboxylic acids is 5. The molecule has 0 amide bonds. The van der Waals surface area contributed by atoms with Crippen LogP contribution >= 0.6 is 58.8 Å². The van der Waals surface area contributed by atoms with E-state index in [4.69, 9.17) is 0 Å². The fourth-order valence-electron chi connectivity index (χ4n) is 1.11. The van der Waals surface area contributed by atoms with Crippen molar-refractivity contribution in [3.63, 3.8) is 0 Å². The van der Waals surface area contributed by atoms with Crippen LogP contribution in [0.1, 0.15) is 34.6 Å². The number of thioether (sulfide) groups is 5. The predicted octanol–water partition coefficient (Wildman–Crippen LogP) is 4.57. The first kappa shape index (κ1) is 75.5. The van der Waals surface area contributed by atoms with Crippen molar-refractivity contribution < 1.29 is 162 Å². The Bertz CT molecular complexity index is 680. The molecule has 0 bridgehead atoms. The van der Waals surface area contributed by atoms with Crippen LogP contribution in [0.2, 0.25) is 0 Å². The van der Waals surface area contributed by atoms with Gasteiger partial charge in [-0.05, 0) is 28.8 Å². The van der Waals surface area contributed by atoms with Crippen molar-refractivity contribution in [2.45, 2.75) is 34.6 Å². The van der Waals surface area contributed by atoms with Crippen molar-refractivity contribution in [3.8, 4) is 11.8 Å². The van der Waals surface area contributed by atoms with Gasteiger partial charge in [-0.15, -0.1) is 0 Å². The molecule has 0 unspecified atom stereocenters. The van der Waals surface area contributed by atoms with Gasteiger partial charge < -0.3 is 63.1 Å². The van der Waals surface area contributed by atoms with Gasteiger partial charge in [-0.25, -0.2) is 0 Å². The molecule has 0 fully saturated rings. The molecule has 0 N–H and O–H groups in total. The van der Waals surface area contributed by atoms with Crippen LogP contribution in [0.15, 0.2) is 11.8 Å². The van der Waals surface area contributed by atoms with Crippen LogP contribution in [-0.4, -0.2) is 83.1 Å². The van der Waals surface area contributed by atoms with E-state index in [1.807, 2.05) is 0 Å². The molecule has 1 aliphatic carbocycles. The Morgan fingerprint density at radius 2 is 0.667 bits per heavy atom. The molecule has 45 heavy (non-hydrogen) atoms. The number of hydrogen-bond donors (Lipinski definition) is 0. The maximum Gasteiger partial charge on any atom is 1.00 e. The van der Waals surface area contributed by atoms with Gasteiger partial charge in [0.2, 0.25) is 0 Å². The number of rotatable bonds is 10. The Balaban J connectivity index is -0.0000000400. The number of allylic oxidation sites excluding steroid dienone is 1. The van der Waals surface area contributed by atoms with E-state index in [0.717, 1.165) is 28.8 Å². The van der Waals surface area contributed by atoms with Crippen LogP contribution in [0.25, 0.3) is 0 Å². The van der Waals surface area contributed by atoms with Crippen LogP contribution < -0.4 is 0 Å². The molecule has 1 aliphatic rings. The summed E-state index contributed by atoms with van der Waals surface area (Å²) in [6, 6.07) is 0. The summed E-state index contributed by atoms with van der Waals surface area (Å²) in [4.78, 5) is 50.6. The minimum absolute atomic E-state index is 0. The second-order valence-electron chi connectivity index (χ2n) is 5.90. The maximum absolute atomic E-state index is 10.1. The van der Waals surface area contributed by atoms with Gasteiger partial charge in [-0.1, -0.05) is 76.4 Å². The van der Waals surface area contributed by atoms with Crippen LogP contribution in [-0.2, 0) is 225 Å². The van der Waals surface area contributed by atoms with E-state index in [1.54, 1.807) is 40.7 Å². The molecule has 0 aromatic heterocycles. The van der Waals surface area contributed by atoms with E-state index in [-0.39, 0.29) is 164 Å². The van der Waals surface area contributed by atoms with Crippen LogP contribution in [0, 0.1) is 17.9 Å². The summed E-state index contributed by atoms with van der Waals surface area (Å²) in [5.41, 5.74) is 2.62. The third-order valence-electron chi connectivity index (χ3n) is 2.29. The second kappa shape index (κ2) is 71.1. The summed E-state index contributed by atoms with van der Waals surface area (Å²) >= 11 is 29.4. The van der Waals surface area contributed by atoms with E-state index in [9.17, 15) is 24.0 Å². The Hall–Kier alpha value is 5.61. The van der Waals surface area contributed by atoms with Crippen LogP contribution in [0.5, 0.6) is 0 Å². The van der Waals surface area contributed by atoms with Gasteiger partial charge >= 0.3 is 138 Å². The normalized spacial score (nSPS) is 8.13. The van der Waals surface area contributed by atoms with Crippen molar-refractivity contribution in [3.05, 3.63) is 17.9 Å². The zero-order valence-corrected chi connectivity index (χ0v) is 62.5. The minimum atomic E-state index is 0. The van der Waals surface area contributed by atoms with Gasteiger partial charge in [0.05, 0.1) is 6.08 Å². The van der Waals surface area contributed by atoms with E-state index in [1.165, 1.54) is 58.8 Å². The first-order valence-electron chi connectivity index (χ1n) is 11.3. The van der Waals surface area contributed by atoms with E-state index in [0.29, 0.717) is 28.8 Å². The molecule has 0 aromatic carbocycles. The van der Waals surface area contributed by atoms with E-state index < -0.39 is 0 Å². The maximum atomic E-state index is 10.1. The Morgan fingerprint density at radius 1 is 0.467 bits per heavy atom. The molecule has 1 rings (SSSR count). The Kier molecular flexibility index (Phi) is 119. The number of carbonyl (C=O) groups is 5. The van der Waals surface area contributed by atoms with Crippen molar-refractivity contribution in [2.24, 2.45) is 0 Å². The van der Waals surface area contributed by atoms with Crippen LogP contribution in [0.3, 0.4) is 0 Å². The van der Waals surface area contributed by atoms with Gasteiger partial charge in [0.25, 0.3) is 0 Å². The average molecular weight is 1740 g/mol. The first-order chi connectivity index (χ1) is 18.9. The first-order valence-corrected chi connectivity index (χ1v) is 19.1. The molecule has 236 valence electrons. The SMILES string of the molecule is CC(=O)SCC[S-].CC(=O)SCC[S-].CC(=O)SCC[S-].CC(=O)SCC[S-].CC(=O)SCC[S-].[C]1=C=CC#C1.[Hg+].[Hg+].[Hg+].[Hg+].[Hg+]. The van der Waals surface area contributed by atoms with E-state index >= 15 is 0 Å². The molecular formula is C25H36Hg5O5S10. The fourth-order valence-corrected chi connectivity index (χ4v) is 4.21. The van der Waals surface area contributed by atoms with Crippen molar-refractivity contribution >= 4 is 148 Å². The van der Waals surface area contributed by atoms with Crippen LogP contribution in [0.4, 0.5) is 0 Å². The summed E-state index contributed by atoms with van der Waals surface area (Å²) in [5, 5.41) is 0.786. The summed E-state index contributed by atoms with van der Waals surface area (Å²) in [6.45, 7) is 7.76. The van der Waals surface area contributed by atoms with Gasteiger partial charge in [-0.3, -0.25) is 24.0 Å². The smallest absolute Gasteiger partial charge is 0.792 e. The standard InChI is InChI=1S/C5H.5C4H8OS2.5Hg/c1-2-4-5-3-1;5*1-4(5)7-3-2-6;;;;;/h1H;5*6H,2-3H2,1H3;;;;;/q;;;;;;5*+1/p-5. The zero-order valence-electron chi connectivity index (χ0n) is 26.8. The molecule has 0 saturated carbocycles. The molecule has 6 radical (unpaired) electrons. The third-order valence-corrected chi connectivity index (χ3v) is 8.68. The molecule has 5 nitrogen and oxygen atoms in total. The molecule has 0 aromatic rings. The second-order valence-corrected chi connectivity index (χ2v) is 14.3. The largest absolute Gasteiger partial charge is 1.00 e. The molecule has 0 heterocycles. The molecule has 20 heteroatoms. The van der Waals surface area contributed by atoms with Crippen molar-refractivity contribution in [1.29, 1.82) is 0 Å². The summed E-state index contributed by atoms with van der Waals surface area (Å²) in [5.74, 6) is 12.4. The molecule has 0 atom stereocenters. The molecule has 0 aliphatic heterocycles. The Morgan fingerprint density at radius 3 is 0.711 bits per heavy atom. The van der Waals surface area contributed by atoms with Crippen molar-refractivity contribution in [1.82, 2.24) is 0 Å². The average Bonchev–Trinajstić information content (AvgIpc) is 3.49. The summed E-state index contributed by atoms with van der Waals surface area (Å²) < 4.78 is 0. The quantitative estimate of drug-likeness (QED) is 0.133. The monoisotopic (exact) mass is 1750 g/mol. The predicted molar refractivity (Wildman–Crippen MR) is 196 cm³/mol. The Labute approximate surface area is 423 Å².